The van der Waals surface area contributed by atoms with E-state index in [4.69, 9.17) is 15.2 Å². The van der Waals surface area contributed by atoms with Gasteiger partial charge in [0.1, 0.15) is 0 Å². The van der Waals surface area contributed by atoms with Gasteiger partial charge in [-0.05, 0) is 25.1 Å². The van der Waals surface area contributed by atoms with Gasteiger partial charge in [-0.1, -0.05) is 26.0 Å². The number of benzene rings is 1. The summed E-state index contributed by atoms with van der Waals surface area (Å²) in [5, 5.41) is 0. The Morgan fingerprint density at radius 3 is 2.42 bits per heavy atom. The minimum atomic E-state index is 0.112. The fourth-order valence-corrected chi connectivity index (χ4v) is 2.22. The minimum absolute atomic E-state index is 0.112. The topological polar surface area (TPSA) is 47.7 Å². The van der Waals surface area contributed by atoms with Crippen LogP contribution < -0.4 is 15.2 Å². The van der Waals surface area contributed by atoms with Crippen molar-refractivity contribution in [1.82, 2.24) is 4.90 Å². The summed E-state index contributed by atoms with van der Waals surface area (Å²) in [6.07, 6.45) is 0. The molecule has 0 radical (unpaired) electrons. The highest BCUT2D eigenvalue weighted by Gasteiger charge is 2.19. The van der Waals surface area contributed by atoms with Crippen molar-refractivity contribution in [1.29, 1.82) is 0 Å². The van der Waals surface area contributed by atoms with Crippen molar-refractivity contribution < 1.29 is 9.47 Å². The molecule has 0 aromatic heterocycles. The average Bonchev–Trinajstić information content (AvgIpc) is 2.37. The first-order valence-corrected chi connectivity index (χ1v) is 6.52. The van der Waals surface area contributed by atoms with Gasteiger partial charge in [0.05, 0.1) is 14.2 Å². The van der Waals surface area contributed by atoms with Crippen LogP contribution in [0.2, 0.25) is 0 Å². The Labute approximate surface area is 116 Å². The van der Waals surface area contributed by atoms with Gasteiger partial charge in [-0.15, -0.1) is 0 Å². The molecule has 0 saturated heterocycles. The number of methoxy groups -OCH3 is 2. The van der Waals surface area contributed by atoms with Crippen LogP contribution in [0.4, 0.5) is 0 Å². The van der Waals surface area contributed by atoms with Gasteiger partial charge in [0, 0.05) is 18.7 Å². The highest BCUT2D eigenvalue weighted by molar-refractivity contribution is 5.46. The van der Waals surface area contributed by atoms with E-state index in [0.29, 0.717) is 6.54 Å². The molecule has 0 aliphatic rings. The van der Waals surface area contributed by atoms with Gasteiger partial charge < -0.3 is 20.1 Å². The Hall–Kier alpha value is -1.26. The van der Waals surface area contributed by atoms with Crippen molar-refractivity contribution in [3.63, 3.8) is 0 Å². The molecule has 0 atom stereocenters. The van der Waals surface area contributed by atoms with Gasteiger partial charge >= 0.3 is 0 Å². The lowest BCUT2D eigenvalue weighted by atomic mass is 9.93. The lowest BCUT2D eigenvalue weighted by molar-refractivity contribution is 0.207. The second kappa shape index (κ2) is 6.78. The Morgan fingerprint density at radius 2 is 1.89 bits per heavy atom. The Bertz CT molecular complexity index is 405. The van der Waals surface area contributed by atoms with E-state index < -0.39 is 0 Å². The first kappa shape index (κ1) is 15.8. The van der Waals surface area contributed by atoms with E-state index in [0.717, 1.165) is 30.2 Å². The monoisotopic (exact) mass is 266 g/mol. The maximum absolute atomic E-state index is 5.78. The summed E-state index contributed by atoms with van der Waals surface area (Å²) in [5.74, 6) is 1.58. The Balaban J connectivity index is 2.82. The summed E-state index contributed by atoms with van der Waals surface area (Å²) in [6.45, 7) is 6.76. The van der Waals surface area contributed by atoms with Crippen LogP contribution in [0.3, 0.4) is 0 Å². The quantitative estimate of drug-likeness (QED) is 0.821. The molecule has 0 fully saturated rings. The molecular formula is C15H26N2O2. The van der Waals surface area contributed by atoms with E-state index in [1.165, 1.54) is 0 Å². The first-order valence-electron chi connectivity index (χ1n) is 6.52. The smallest absolute Gasteiger partial charge is 0.165 e. The first-order chi connectivity index (χ1) is 8.93. The normalized spacial score (nSPS) is 11.7. The van der Waals surface area contributed by atoms with Crippen molar-refractivity contribution >= 4 is 0 Å². The van der Waals surface area contributed by atoms with E-state index >= 15 is 0 Å². The molecule has 0 amide bonds. The summed E-state index contributed by atoms with van der Waals surface area (Å²) in [5.41, 5.74) is 7.01. The van der Waals surface area contributed by atoms with E-state index in [1.807, 2.05) is 12.1 Å². The molecule has 108 valence electrons. The molecule has 0 aliphatic carbocycles. The van der Waals surface area contributed by atoms with E-state index in [1.54, 1.807) is 14.2 Å². The second-order valence-corrected chi connectivity index (χ2v) is 5.69. The zero-order chi connectivity index (χ0) is 14.5. The second-order valence-electron chi connectivity index (χ2n) is 5.69. The van der Waals surface area contributed by atoms with Gasteiger partial charge in [-0.3, -0.25) is 0 Å². The zero-order valence-electron chi connectivity index (χ0n) is 12.7. The average molecular weight is 266 g/mol. The molecule has 4 heteroatoms. The molecule has 19 heavy (non-hydrogen) atoms. The Morgan fingerprint density at radius 1 is 1.21 bits per heavy atom. The fraction of sp³-hybridized carbons (Fsp3) is 0.600. The van der Waals surface area contributed by atoms with Crippen LogP contribution in [0.1, 0.15) is 19.4 Å². The molecule has 0 bridgehead atoms. The third-order valence-electron chi connectivity index (χ3n) is 3.18. The predicted octanol–water partition coefficient (Wildman–Crippen LogP) is 2.12. The summed E-state index contributed by atoms with van der Waals surface area (Å²) in [4.78, 5) is 2.25. The molecule has 0 heterocycles. The number of nitrogens with two attached hydrogens (primary N) is 1. The predicted molar refractivity (Wildman–Crippen MR) is 78.7 cm³/mol. The van der Waals surface area contributed by atoms with Crippen molar-refractivity contribution in [3.8, 4) is 11.5 Å². The number of ether oxygens (including phenoxy) is 2. The highest BCUT2D eigenvalue weighted by atomic mass is 16.5. The summed E-state index contributed by atoms with van der Waals surface area (Å²) >= 11 is 0. The highest BCUT2D eigenvalue weighted by Crippen LogP contribution is 2.31. The van der Waals surface area contributed by atoms with Crippen LogP contribution in [0.25, 0.3) is 0 Å². The van der Waals surface area contributed by atoms with Crippen LogP contribution in [0.5, 0.6) is 11.5 Å². The standard InChI is InChI=1S/C15H26N2O2/c1-15(2,10-16)11-17(3)9-12-7-6-8-13(18-4)14(12)19-5/h6-8H,9-11,16H2,1-5H3. The molecule has 0 spiro atoms. The van der Waals surface area contributed by atoms with Crippen LogP contribution in [0.15, 0.2) is 18.2 Å². The molecule has 1 rings (SSSR count). The lowest BCUT2D eigenvalue weighted by Gasteiger charge is -2.29. The Kier molecular flexibility index (Phi) is 5.63. The molecule has 0 unspecified atom stereocenters. The summed E-state index contributed by atoms with van der Waals surface area (Å²) in [6, 6.07) is 5.96. The molecule has 1 aromatic rings. The number of hydrogen-bond donors (Lipinski definition) is 1. The third kappa shape index (κ3) is 4.40. The van der Waals surface area contributed by atoms with Crippen molar-refractivity contribution in [2.75, 3.05) is 34.4 Å². The lowest BCUT2D eigenvalue weighted by Crippen LogP contribution is -2.36. The number of hydrogen-bond acceptors (Lipinski definition) is 4. The number of nitrogens with zero attached hydrogens (tertiary/aromatic N) is 1. The van der Waals surface area contributed by atoms with Gasteiger partial charge in [-0.2, -0.15) is 0 Å². The van der Waals surface area contributed by atoms with Crippen LogP contribution in [0, 0.1) is 5.41 Å². The van der Waals surface area contributed by atoms with Gasteiger partial charge in [0.25, 0.3) is 0 Å². The third-order valence-corrected chi connectivity index (χ3v) is 3.18. The van der Waals surface area contributed by atoms with Crippen molar-refractivity contribution in [2.24, 2.45) is 11.1 Å². The minimum Gasteiger partial charge on any atom is -0.493 e. The van der Waals surface area contributed by atoms with Gasteiger partial charge in [0.15, 0.2) is 11.5 Å². The largest absolute Gasteiger partial charge is 0.493 e. The van der Waals surface area contributed by atoms with Gasteiger partial charge in [-0.25, -0.2) is 0 Å². The van der Waals surface area contributed by atoms with Crippen molar-refractivity contribution in [2.45, 2.75) is 20.4 Å². The SMILES string of the molecule is COc1cccc(CN(C)CC(C)(C)CN)c1OC. The van der Waals surface area contributed by atoms with E-state index in [-0.39, 0.29) is 5.41 Å². The van der Waals surface area contributed by atoms with Crippen molar-refractivity contribution in [3.05, 3.63) is 23.8 Å². The zero-order valence-corrected chi connectivity index (χ0v) is 12.7. The molecule has 0 aliphatic heterocycles. The maximum atomic E-state index is 5.78. The van der Waals surface area contributed by atoms with Crippen LogP contribution in [-0.2, 0) is 6.54 Å². The molecule has 0 saturated carbocycles. The summed E-state index contributed by atoms with van der Waals surface area (Å²) in [7, 11) is 5.42. The molecule has 4 nitrogen and oxygen atoms in total. The number of para-hydroxylation sites is 1. The number of rotatable bonds is 7. The summed E-state index contributed by atoms with van der Waals surface area (Å²) < 4.78 is 10.8. The van der Waals surface area contributed by atoms with E-state index in [9.17, 15) is 0 Å². The van der Waals surface area contributed by atoms with E-state index in [2.05, 4.69) is 31.9 Å². The van der Waals surface area contributed by atoms with Crippen LogP contribution >= 0.6 is 0 Å². The molecular weight excluding hydrogens is 240 g/mol. The molecule has 1 aromatic carbocycles. The fourth-order valence-electron chi connectivity index (χ4n) is 2.22. The molecule has 2 N–H and O–H groups in total. The van der Waals surface area contributed by atoms with Crippen LogP contribution in [-0.4, -0.2) is 39.3 Å². The van der Waals surface area contributed by atoms with Gasteiger partial charge in [0.2, 0.25) is 0 Å². The maximum Gasteiger partial charge on any atom is 0.165 e.